The molecule has 0 radical (unpaired) electrons. The number of fused-ring (bicyclic) bond motifs is 1. The van der Waals surface area contributed by atoms with Crippen LogP contribution < -0.4 is 16.0 Å². The highest BCUT2D eigenvalue weighted by Crippen LogP contribution is 2.49. The lowest BCUT2D eigenvalue weighted by atomic mass is 10.1. The monoisotopic (exact) mass is 545 g/mol. The molecule has 12 nitrogen and oxygen atoms in total. The molecule has 0 saturated carbocycles. The average Bonchev–Trinajstić information content (AvgIpc) is 3.32. The van der Waals surface area contributed by atoms with Crippen molar-refractivity contribution >= 4 is 30.5 Å². The SMILES string of the molecule is COc1ccc(C(=O)COP(=O)(COCCn2cnc3c(=O)[nH]c(N)nc32)OCc2cccc(F)c2)cc1. The van der Waals surface area contributed by atoms with E-state index in [9.17, 15) is 18.5 Å². The number of carbonyl (C=O) groups is 1. The van der Waals surface area contributed by atoms with Gasteiger partial charge >= 0.3 is 7.60 Å². The molecule has 2 aromatic heterocycles. The van der Waals surface area contributed by atoms with Crippen molar-refractivity contribution in [2.75, 3.05) is 32.4 Å². The predicted molar refractivity (Wildman–Crippen MR) is 135 cm³/mol. The zero-order valence-corrected chi connectivity index (χ0v) is 21.2. The van der Waals surface area contributed by atoms with Crippen LogP contribution in [-0.4, -0.2) is 52.0 Å². The van der Waals surface area contributed by atoms with E-state index in [1.165, 1.54) is 31.6 Å². The van der Waals surface area contributed by atoms with Gasteiger partial charge in [-0.2, -0.15) is 4.98 Å². The Hall–Kier alpha value is -3.90. The van der Waals surface area contributed by atoms with E-state index in [2.05, 4.69) is 15.0 Å². The summed E-state index contributed by atoms with van der Waals surface area (Å²) in [5.41, 5.74) is 6.26. The van der Waals surface area contributed by atoms with Gasteiger partial charge in [0.15, 0.2) is 16.9 Å². The largest absolute Gasteiger partial charge is 0.497 e. The fourth-order valence-corrected chi connectivity index (χ4v) is 4.64. The summed E-state index contributed by atoms with van der Waals surface area (Å²) >= 11 is 0. The molecular weight excluding hydrogens is 520 g/mol. The van der Waals surface area contributed by atoms with E-state index < -0.39 is 37.7 Å². The number of methoxy groups -OCH3 is 1. The highest BCUT2D eigenvalue weighted by atomic mass is 31.2. The summed E-state index contributed by atoms with van der Waals surface area (Å²) in [5, 5.41) is 0. The van der Waals surface area contributed by atoms with Gasteiger partial charge < -0.3 is 24.3 Å². The topological polar surface area (TPSA) is 161 Å². The molecule has 4 aromatic rings. The van der Waals surface area contributed by atoms with Crippen molar-refractivity contribution in [1.29, 1.82) is 0 Å². The van der Waals surface area contributed by atoms with Gasteiger partial charge in [-0.1, -0.05) is 12.1 Å². The number of ketones is 1. The second-order valence-electron chi connectivity index (χ2n) is 8.04. The van der Waals surface area contributed by atoms with Crippen LogP contribution in [0.1, 0.15) is 15.9 Å². The summed E-state index contributed by atoms with van der Waals surface area (Å²) in [4.78, 5) is 35.0. The van der Waals surface area contributed by atoms with Crippen LogP contribution in [0.2, 0.25) is 0 Å². The Bertz CT molecular complexity index is 1520. The van der Waals surface area contributed by atoms with Crippen LogP contribution in [0.25, 0.3) is 11.2 Å². The van der Waals surface area contributed by atoms with E-state index in [1.54, 1.807) is 34.9 Å². The minimum Gasteiger partial charge on any atom is -0.497 e. The van der Waals surface area contributed by atoms with Crippen molar-refractivity contribution in [3.05, 3.63) is 82.2 Å². The first kappa shape index (κ1) is 27.1. The van der Waals surface area contributed by atoms with Gasteiger partial charge in [-0.3, -0.25) is 23.7 Å². The minimum atomic E-state index is -3.97. The summed E-state index contributed by atoms with van der Waals surface area (Å²) in [6, 6.07) is 11.9. The molecular formula is C24H25FN5O7P. The van der Waals surface area contributed by atoms with E-state index in [-0.39, 0.29) is 36.9 Å². The van der Waals surface area contributed by atoms with E-state index in [0.717, 1.165) is 0 Å². The molecule has 1 atom stereocenters. The molecule has 0 saturated heterocycles. The zero-order valence-electron chi connectivity index (χ0n) is 20.3. The lowest BCUT2D eigenvalue weighted by molar-refractivity contribution is 0.0855. The third-order valence-electron chi connectivity index (χ3n) is 5.34. The van der Waals surface area contributed by atoms with Crippen LogP contribution in [0.15, 0.2) is 59.7 Å². The van der Waals surface area contributed by atoms with E-state index in [1.807, 2.05) is 0 Å². The van der Waals surface area contributed by atoms with Gasteiger partial charge in [-0.05, 0) is 42.0 Å². The van der Waals surface area contributed by atoms with Gasteiger partial charge in [0, 0.05) is 12.1 Å². The number of nitrogens with one attached hydrogen (secondary N) is 1. The number of aromatic amines is 1. The Morgan fingerprint density at radius 1 is 1.18 bits per heavy atom. The number of halogens is 1. The third-order valence-corrected chi connectivity index (χ3v) is 6.88. The Kier molecular flexibility index (Phi) is 8.64. The molecule has 38 heavy (non-hydrogen) atoms. The fraction of sp³-hybridized carbons (Fsp3) is 0.250. The molecule has 1 unspecified atom stereocenters. The van der Waals surface area contributed by atoms with Crippen LogP contribution >= 0.6 is 7.60 Å². The quantitative estimate of drug-likeness (QED) is 0.145. The van der Waals surface area contributed by atoms with Gasteiger partial charge in [-0.15, -0.1) is 0 Å². The van der Waals surface area contributed by atoms with Crippen LogP contribution in [0.5, 0.6) is 5.75 Å². The molecule has 2 aromatic carbocycles. The van der Waals surface area contributed by atoms with E-state index >= 15 is 0 Å². The summed E-state index contributed by atoms with van der Waals surface area (Å²) in [7, 11) is -2.46. The van der Waals surface area contributed by atoms with Gasteiger partial charge in [0.05, 0.1) is 26.7 Å². The molecule has 0 aliphatic rings. The molecule has 3 N–H and O–H groups in total. The number of carbonyl (C=O) groups excluding carboxylic acids is 1. The second-order valence-corrected chi connectivity index (χ2v) is 10.0. The second kappa shape index (κ2) is 12.1. The summed E-state index contributed by atoms with van der Waals surface area (Å²) in [6.07, 6.45) is 0.917. The number of hydrogen-bond acceptors (Lipinski definition) is 10. The van der Waals surface area contributed by atoms with Crippen LogP contribution in [0, 0.1) is 5.82 Å². The van der Waals surface area contributed by atoms with Crippen LogP contribution in [-0.2, 0) is 31.5 Å². The summed E-state index contributed by atoms with van der Waals surface area (Å²) in [5.74, 6) is -0.391. The Morgan fingerprint density at radius 2 is 1.97 bits per heavy atom. The first-order valence-electron chi connectivity index (χ1n) is 11.3. The molecule has 14 heteroatoms. The van der Waals surface area contributed by atoms with Gasteiger partial charge in [0.25, 0.3) is 5.56 Å². The number of imidazole rings is 1. The first-order valence-corrected chi connectivity index (χ1v) is 13.1. The number of rotatable bonds is 13. The zero-order chi connectivity index (χ0) is 27.1. The van der Waals surface area contributed by atoms with Crippen molar-refractivity contribution < 1.29 is 32.3 Å². The lowest BCUT2D eigenvalue weighted by Gasteiger charge is -2.19. The molecule has 0 bridgehead atoms. The number of ether oxygens (including phenoxy) is 2. The Balaban J connectivity index is 1.40. The number of H-pyrrole nitrogens is 1. The summed E-state index contributed by atoms with van der Waals surface area (Å²) in [6.45, 7) is -0.550. The Labute approximate surface area is 216 Å². The standard InChI is InChI=1S/C24H25FN5O7P/c1-34-19-7-5-17(6-8-19)20(31)13-37-38(33,36-12-16-3-2-4-18(25)11-16)15-35-10-9-30-14-27-21-22(30)28-24(26)29-23(21)32/h2-8,11,14H,9-10,12-13,15H2,1H3,(H3,26,28,29,32). The maximum Gasteiger partial charge on any atom is 0.356 e. The molecule has 200 valence electrons. The van der Waals surface area contributed by atoms with Gasteiger partial charge in [0.2, 0.25) is 5.95 Å². The molecule has 0 spiro atoms. The molecule has 0 aliphatic carbocycles. The highest BCUT2D eigenvalue weighted by Gasteiger charge is 2.27. The molecule has 0 fully saturated rings. The van der Waals surface area contributed by atoms with Gasteiger partial charge in [0.1, 0.15) is 24.5 Å². The number of nitrogens with zero attached hydrogens (tertiary/aromatic N) is 3. The van der Waals surface area contributed by atoms with E-state index in [4.69, 9.17) is 24.3 Å². The highest BCUT2D eigenvalue weighted by molar-refractivity contribution is 7.53. The molecule has 0 amide bonds. The molecule has 2 heterocycles. The lowest BCUT2D eigenvalue weighted by Crippen LogP contribution is -2.14. The minimum absolute atomic E-state index is 0.0168. The maximum absolute atomic E-state index is 13.6. The van der Waals surface area contributed by atoms with E-state index in [0.29, 0.717) is 16.9 Å². The van der Waals surface area contributed by atoms with Crippen LogP contribution in [0.3, 0.4) is 0 Å². The normalized spacial score (nSPS) is 12.9. The molecule has 0 aliphatic heterocycles. The summed E-state index contributed by atoms with van der Waals surface area (Å²) < 4.78 is 50.1. The number of anilines is 1. The van der Waals surface area contributed by atoms with Crippen molar-refractivity contribution in [3.8, 4) is 5.75 Å². The third kappa shape index (κ3) is 6.90. The fourth-order valence-electron chi connectivity index (χ4n) is 3.40. The maximum atomic E-state index is 13.6. The van der Waals surface area contributed by atoms with Crippen molar-refractivity contribution in [2.24, 2.45) is 0 Å². The van der Waals surface area contributed by atoms with Crippen molar-refractivity contribution in [2.45, 2.75) is 13.2 Å². The number of benzene rings is 2. The van der Waals surface area contributed by atoms with Crippen LogP contribution in [0.4, 0.5) is 10.3 Å². The number of nitrogen functional groups attached to an aromatic ring is 1. The van der Waals surface area contributed by atoms with Crippen molar-refractivity contribution in [3.63, 3.8) is 0 Å². The predicted octanol–water partition coefficient (Wildman–Crippen LogP) is 3.13. The average molecular weight is 545 g/mol. The number of Topliss-reactive ketones (excluding diaryl/α,β-unsaturated/α-hetero) is 1. The van der Waals surface area contributed by atoms with Crippen molar-refractivity contribution in [1.82, 2.24) is 19.5 Å². The first-order chi connectivity index (χ1) is 18.3. The smallest absolute Gasteiger partial charge is 0.356 e. The molecule has 4 rings (SSSR count). The Morgan fingerprint density at radius 3 is 2.71 bits per heavy atom. The number of nitrogens with two attached hydrogens (primary N) is 1. The number of aromatic nitrogens is 4. The number of hydrogen-bond donors (Lipinski definition) is 2. The van der Waals surface area contributed by atoms with Gasteiger partial charge in [-0.25, -0.2) is 9.37 Å².